The minimum absolute atomic E-state index is 0.187. The molecule has 1 saturated heterocycles. The Bertz CT molecular complexity index is 442. The highest BCUT2D eigenvalue weighted by atomic mass is 16.5. The Morgan fingerprint density at radius 1 is 1.41 bits per heavy atom. The molecule has 0 radical (unpaired) electrons. The van der Waals surface area contributed by atoms with Crippen molar-refractivity contribution in [2.75, 3.05) is 32.8 Å². The van der Waals surface area contributed by atoms with Gasteiger partial charge >= 0.3 is 0 Å². The van der Waals surface area contributed by atoms with E-state index in [4.69, 9.17) is 4.74 Å². The van der Waals surface area contributed by atoms with E-state index in [0.29, 0.717) is 6.54 Å². The van der Waals surface area contributed by atoms with Crippen molar-refractivity contribution in [1.82, 2.24) is 14.8 Å². The van der Waals surface area contributed by atoms with E-state index in [-0.39, 0.29) is 12.0 Å². The van der Waals surface area contributed by atoms with Gasteiger partial charge in [-0.2, -0.15) is 0 Å². The van der Waals surface area contributed by atoms with Crippen molar-refractivity contribution in [2.24, 2.45) is 0 Å². The fourth-order valence-corrected chi connectivity index (χ4v) is 2.88. The average molecular weight is 305 g/mol. The summed E-state index contributed by atoms with van der Waals surface area (Å²) in [6.45, 7) is 8.39. The van der Waals surface area contributed by atoms with Gasteiger partial charge in [-0.25, -0.2) is 0 Å². The molecule has 22 heavy (non-hydrogen) atoms. The lowest BCUT2D eigenvalue weighted by Crippen LogP contribution is -2.42. The Morgan fingerprint density at radius 3 is 2.82 bits per heavy atom. The third kappa shape index (κ3) is 5.07. The minimum Gasteiger partial charge on any atom is -0.377 e. The first-order chi connectivity index (χ1) is 10.7. The molecule has 5 heteroatoms. The van der Waals surface area contributed by atoms with Crippen LogP contribution in [0.1, 0.15) is 32.3 Å². The van der Waals surface area contributed by atoms with E-state index in [1.165, 1.54) is 0 Å². The molecule has 0 unspecified atom stereocenters. The molecule has 1 atom stereocenters. The van der Waals surface area contributed by atoms with Gasteiger partial charge in [-0.3, -0.25) is 14.7 Å². The van der Waals surface area contributed by atoms with Gasteiger partial charge in [-0.05, 0) is 38.3 Å². The molecule has 0 saturated carbocycles. The Labute approximate surface area is 133 Å². The Morgan fingerprint density at radius 2 is 2.23 bits per heavy atom. The van der Waals surface area contributed by atoms with Gasteiger partial charge < -0.3 is 9.64 Å². The molecule has 0 aromatic carbocycles. The van der Waals surface area contributed by atoms with E-state index >= 15 is 0 Å². The van der Waals surface area contributed by atoms with Crippen LogP contribution in [0, 0.1) is 0 Å². The SMILES string of the molecule is CCN(CC)C(=O)CN(Cc1cccnc1)C[C@H]1CCCO1. The smallest absolute Gasteiger partial charge is 0.236 e. The second-order valence-corrected chi connectivity index (χ2v) is 5.73. The molecule has 1 fully saturated rings. The van der Waals surface area contributed by atoms with Crippen molar-refractivity contribution in [3.63, 3.8) is 0 Å². The average Bonchev–Trinajstić information content (AvgIpc) is 3.02. The Balaban J connectivity index is 1.98. The molecule has 0 N–H and O–H groups in total. The highest BCUT2D eigenvalue weighted by Gasteiger charge is 2.22. The van der Waals surface area contributed by atoms with Crippen LogP contribution in [0.3, 0.4) is 0 Å². The first-order valence-electron chi connectivity index (χ1n) is 8.23. The second-order valence-electron chi connectivity index (χ2n) is 5.73. The van der Waals surface area contributed by atoms with Gasteiger partial charge in [-0.1, -0.05) is 6.07 Å². The van der Waals surface area contributed by atoms with Crippen molar-refractivity contribution in [1.29, 1.82) is 0 Å². The van der Waals surface area contributed by atoms with E-state index in [2.05, 4.69) is 16.0 Å². The number of hydrogen-bond acceptors (Lipinski definition) is 4. The number of amides is 1. The van der Waals surface area contributed by atoms with Gasteiger partial charge in [0.15, 0.2) is 0 Å². The zero-order valence-electron chi connectivity index (χ0n) is 13.7. The van der Waals surface area contributed by atoms with Gasteiger partial charge in [0.05, 0.1) is 12.6 Å². The number of hydrogen-bond donors (Lipinski definition) is 0. The van der Waals surface area contributed by atoms with E-state index in [0.717, 1.165) is 51.2 Å². The van der Waals surface area contributed by atoms with Crippen LogP contribution in [-0.4, -0.2) is 59.6 Å². The van der Waals surface area contributed by atoms with Crippen LogP contribution in [0.25, 0.3) is 0 Å². The molecule has 5 nitrogen and oxygen atoms in total. The number of pyridine rings is 1. The maximum Gasteiger partial charge on any atom is 0.236 e. The van der Waals surface area contributed by atoms with Gasteiger partial charge in [-0.15, -0.1) is 0 Å². The third-order valence-corrected chi connectivity index (χ3v) is 4.09. The summed E-state index contributed by atoms with van der Waals surface area (Å²) < 4.78 is 5.73. The van der Waals surface area contributed by atoms with Crippen LogP contribution in [0.2, 0.25) is 0 Å². The zero-order valence-corrected chi connectivity index (χ0v) is 13.7. The van der Waals surface area contributed by atoms with Gasteiger partial charge in [0, 0.05) is 45.2 Å². The molecule has 0 bridgehead atoms. The van der Waals surface area contributed by atoms with Crippen LogP contribution in [-0.2, 0) is 16.1 Å². The quantitative estimate of drug-likeness (QED) is 0.736. The number of carbonyl (C=O) groups excluding carboxylic acids is 1. The van der Waals surface area contributed by atoms with Crippen LogP contribution in [0.15, 0.2) is 24.5 Å². The number of ether oxygens (including phenoxy) is 1. The molecule has 2 heterocycles. The fraction of sp³-hybridized carbons (Fsp3) is 0.647. The third-order valence-electron chi connectivity index (χ3n) is 4.09. The van der Waals surface area contributed by atoms with Gasteiger partial charge in [0.1, 0.15) is 0 Å². The minimum atomic E-state index is 0.187. The predicted octanol–water partition coefficient (Wildman–Crippen LogP) is 1.93. The van der Waals surface area contributed by atoms with Crippen molar-refractivity contribution in [3.8, 4) is 0 Å². The zero-order chi connectivity index (χ0) is 15.8. The number of nitrogens with zero attached hydrogens (tertiary/aromatic N) is 3. The Kier molecular flexibility index (Phi) is 6.80. The second kappa shape index (κ2) is 8.86. The molecule has 2 rings (SSSR count). The maximum atomic E-state index is 12.4. The normalized spacial score (nSPS) is 17.9. The van der Waals surface area contributed by atoms with E-state index < -0.39 is 0 Å². The maximum absolute atomic E-state index is 12.4. The number of likely N-dealkylation sites (N-methyl/N-ethyl adjacent to an activating group) is 1. The van der Waals surface area contributed by atoms with Crippen LogP contribution in [0.5, 0.6) is 0 Å². The summed E-state index contributed by atoms with van der Waals surface area (Å²) in [5.74, 6) is 0.187. The lowest BCUT2D eigenvalue weighted by Gasteiger charge is -2.27. The van der Waals surface area contributed by atoms with Crippen LogP contribution < -0.4 is 0 Å². The molecule has 1 aromatic rings. The predicted molar refractivity (Wildman–Crippen MR) is 86.4 cm³/mol. The van der Waals surface area contributed by atoms with Gasteiger partial charge in [0.25, 0.3) is 0 Å². The van der Waals surface area contributed by atoms with Crippen molar-refractivity contribution >= 4 is 5.91 Å². The van der Waals surface area contributed by atoms with Crippen LogP contribution in [0.4, 0.5) is 0 Å². The van der Waals surface area contributed by atoms with Crippen LogP contribution >= 0.6 is 0 Å². The standard InChI is InChI=1S/C17H27N3O2/c1-3-20(4-2)17(21)14-19(13-16-8-6-10-22-16)12-15-7-5-9-18-11-15/h5,7,9,11,16H,3-4,6,8,10,12-14H2,1-2H3/t16-/m1/s1. The summed E-state index contributed by atoms with van der Waals surface area (Å²) in [6.07, 6.45) is 6.10. The molecule has 1 amide bonds. The van der Waals surface area contributed by atoms with Gasteiger partial charge in [0.2, 0.25) is 5.91 Å². The highest BCUT2D eigenvalue weighted by molar-refractivity contribution is 5.78. The molecule has 1 aliphatic rings. The summed E-state index contributed by atoms with van der Waals surface area (Å²) in [5.41, 5.74) is 1.13. The van der Waals surface area contributed by atoms with Crippen molar-refractivity contribution < 1.29 is 9.53 Å². The molecule has 122 valence electrons. The van der Waals surface area contributed by atoms with E-state index in [9.17, 15) is 4.79 Å². The molecule has 1 aromatic heterocycles. The van der Waals surface area contributed by atoms with E-state index in [1.54, 1.807) is 6.20 Å². The largest absolute Gasteiger partial charge is 0.377 e. The number of carbonyl (C=O) groups is 1. The number of aromatic nitrogens is 1. The molecule has 0 spiro atoms. The highest BCUT2D eigenvalue weighted by Crippen LogP contribution is 2.15. The molecule has 1 aliphatic heterocycles. The summed E-state index contributed by atoms with van der Waals surface area (Å²) >= 11 is 0. The lowest BCUT2D eigenvalue weighted by molar-refractivity contribution is -0.132. The van der Waals surface area contributed by atoms with E-state index in [1.807, 2.05) is 31.0 Å². The number of rotatable bonds is 8. The molecule has 0 aliphatic carbocycles. The molecular weight excluding hydrogens is 278 g/mol. The topological polar surface area (TPSA) is 45.7 Å². The first kappa shape index (κ1) is 16.9. The first-order valence-corrected chi connectivity index (χ1v) is 8.23. The summed E-state index contributed by atoms with van der Waals surface area (Å²) in [4.78, 5) is 20.6. The van der Waals surface area contributed by atoms with Crippen molar-refractivity contribution in [3.05, 3.63) is 30.1 Å². The summed E-state index contributed by atoms with van der Waals surface area (Å²) in [7, 11) is 0. The van der Waals surface area contributed by atoms with Crippen molar-refractivity contribution in [2.45, 2.75) is 39.3 Å². The Hall–Kier alpha value is -1.46. The molecular formula is C17H27N3O2. The summed E-state index contributed by atoms with van der Waals surface area (Å²) in [5, 5.41) is 0. The summed E-state index contributed by atoms with van der Waals surface area (Å²) in [6, 6.07) is 3.99. The fourth-order valence-electron chi connectivity index (χ4n) is 2.88. The monoisotopic (exact) mass is 305 g/mol. The lowest BCUT2D eigenvalue weighted by atomic mass is 10.2.